The summed E-state index contributed by atoms with van der Waals surface area (Å²) in [4.78, 5) is 0. The summed E-state index contributed by atoms with van der Waals surface area (Å²) >= 11 is 2.05. The molecule has 0 bridgehead atoms. The van der Waals surface area contributed by atoms with E-state index in [0.29, 0.717) is 6.04 Å². The Kier molecular flexibility index (Phi) is 7.87. The van der Waals surface area contributed by atoms with E-state index in [2.05, 4.69) is 51.7 Å². The molecule has 0 saturated heterocycles. The Labute approximate surface area is 88.1 Å². The first-order valence-corrected chi connectivity index (χ1v) is 6.39. The topological polar surface area (TPSA) is 12.0 Å². The number of hydrogen-bond acceptors (Lipinski definition) is 2. The van der Waals surface area contributed by atoms with Crippen molar-refractivity contribution in [3.05, 3.63) is 0 Å². The SMILES string of the molecule is CCCC(C)NCC(C)SC(C)C. The van der Waals surface area contributed by atoms with Crippen LogP contribution < -0.4 is 5.32 Å². The molecule has 0 fully saturated rings. The van der Waals surface area contributed by atoms with Crippen molar-refractivity contribution in [1.82, 2.24) is 5.32 Å². The maximum Gasteiger partial charge on any atom is 0.0146 e. The maximum atomic E-state index is 3.57. The summed E-state index contributed by atoms with van der Waals surface area (Å²) in [6, 6.07) is 0.681. The summed E-state index contributed by atoms with van der Waals surface area (Å²) < 4.78 is 0. The summed E-state index contributed by atoms with van der Waals surface area (Å²) in [6.07, 6.45) is 2.57. The second kappa shape index (κ2) is 7.69. The largest absolute Gasteiger partial charge is 0.313 e. The molecule has 0 aromatic rings. The Balaban J connectivity index is 3.40. The van der Waals surface area contributed by atoms with Gasteiger partial charge >= 0.3 is 0 Å². The molecular weight excluding hydrogens is 178 g/mol. The third-order valence-corrected chi connectivity index (χ3v) is 3.16. The van der Waals surface area contributed by atoms with Crippen molar-refractivity contribution in [1.29, 1.82) is 0 Å². The zero-order valence-corrected chi connectivity index (χ0v) is 10.6. The molecule has 0 aliphatic heterocycles. The Morgan fingerprint density at radius 2 is 1.77 bits per heavy atom. The highest BCUT2D eigenvalue weighted by molar-refractivity contribution is 8.00. The minimum atomic E-state index is 0.681. The van der Waals surface area contributed by atoms with E-state index >= 15 is 0 Å². The fourth-order valence-electron chi connectivity index (χ4n) is 1.41. The number of nitrogens with one attached hydrogen (secondary N) is 1. The third kappa shape index (κ3) is 8.63. The minimum absolute atomic E-state index is 0.681. The lowest BCUT2D eigenvalue weighted by molar-refractivity contribution is 0.511. The third-order valence-electron chi connectivity index (χ3n) is 1.98. The molecule has 0 aromatic heterocycles. The van der Waals surface area contributed by atoms with Crippen LogP contribution in [0, 0.1) is 0 Å². The van der Waals surface area contributed by atoms with Gasteiger partial charge in [-0.3, -0.25) is 0 Å². The van der Waals surface area contributed by atoms with E-state index in [1.165, 1.54) is 12.8 Å². The zero-order valence-electron chi connectivity index (χ0n) is 9.76. The lowest BCUT2D eigenvalue weighted by Crippen LogP contribution is -2.31. The van der Waals surface area contributed by atoms with Crippen molar-refractivity contribution >= 4 is 11.8 Å². The van der Waals surface area contributed by atoms with E-state index in [1.54, 1.807) is 0 Å². The van der Waals surface area contributed by atoms with Gasteiger partial charge in [-0.1, -0.05) is 34.1 Å². The zero-order chi connectivity index (χ0) is 10.3. The van der Waals surface area contributed by atoms with E-state index in [1.807, 2.05) is 0 Å². The van der Waals surface area contributed by atoms with Crippen LogP contribution in [0.1, 0.15) is 47.5 Å². The van der Waals surface area contributed by atoms with Gasteiger partial charge in [-0.05, 0) is 18.6 Å². The summed E-state index contributed by atoms with van der Waals surface area (Å²) in [5.74, 6) is 0. The Morgan fingerprint density at radius 1 is 1.15 bits per heavy atom. The summed E-state index contributed by atoms with van der Waals surface area (Å²) in [7, 11) is 0. The van der Waals surface area contributed by atoms with Crippen molar-refractivity contribution in [3.63, 3.8) is 0 Å². The summed E-state index contributed by atoms with van der Waals surface area (Å²) in [5.41, 5.74) is 0. The molecule has 1 N–H and O–H groups in total. The van der Waals surface area contributed by atoms with Crippen LogP contribution in [-0.2, 0) is 0 Å². The average molecular weight is 203 g/mol. The Bertz CT molecular complexity index is 115. The van der Waals surface area contributed by atoms with Gasteiger partial charge in [-0.15, -0.1) is 0 Å². The van der Waals surface area contributed by atoms with Crippen LogP contribution in [0.2, 0.25) is 0 Å². The fraction of sp³-hybridized carbons (Fsp3) is 1.00. The van der Waals surface area contributed by atoms with Crippen molar-refractivity contribution < 1.29 is 0 Å². The van der Waals surface area contributed by atoms with Crippen LogP contribution in [0.25, 0.3) is 0 Å². The Hall–Kier alpha value is 0.310. The lowest BCUT2D eigenvalue weighted by Gasteiger charge is -2.18. The molecule has 2 unspecified atom stereocenters. The van der Waals surface area contributed by atoms with Crippen LogP contribution in [0.5, 0.6) is 0 Å². The predicted octanol–water partition coefficient (Wildman–Crippen LogP) is 3.29. The van der Waals surface area contributed by atoms with E-state index in [-0.39, 0.29) is 0 Å². The summed E-state index contributed by atoms with van der Waals surface area (Å²) in [5, 5.41) is 5.05. The van der Waals surface area contributed by atoms with Gasteiger partial charge in [0.25, 0.3) is 0 Å². The molecule has 80 valence electrons. The van der Waals surface area contributed by atoms with Crippen LogP contribution in [0.3, 0.4) is 0 Å². The number of hydrogen-bond donors (Lipinski definition) is 1. The van der Waals surface area contributed by atoms with E-state index in [4.69, 9.17) is 0 Å². The van der Waals surface area contributed by atoms with Gasteiger partial charge in [0.1, 0.15) is 0 Å². The molecule has 0 amide bonds. The highest BCUT2D eigenvalue weighted by Gasteiger charge is 2.06. The molecular formula is C11H25NS. The Morgan fingerprint density at radius 3 is 2.23 bits per heavy atom. The van der Waals surface area contributed by atoms with Crippen LogP contribution >= 0.6 is 11.8 Å². The van der Waals surface area contributed by atoms with Gasteiger partial charge < -0.3 is 5.32 Å². The van der Waals surface area contributed by atoms with Crippen molar-refractivity contribution in [2.24, 2.45) is 0 Å². The van der Waals surface area contributed by atoms with Crippen LogP contribution in [0.15, 0.2) is 0 Å². The monoisotopic (exact) mass is 203 g/mol. The van der Waals surface area contributed by atoms with Crippen LogP contribution in [0.4, 0.5) is 0 Å². The molecule has 1 nitrogen and oxygen atoms in total. The molecule has 0 saturated carbocycles. The highest BCUT2D eigenvalue weighted by Crippen LogP contribution is 2.15. The molecule has 0 aliphatic carbocycles. The highest BCUT2D eigenvalue weighted by atomic mass is 32.2. The molecule has 0 heterocycles. The van der Waals surface area contributed by atoms with Gasteiger partial charge in [0, 0.05) is 17.8 Å². The quantitative estimate of drug-likeness (QED) is 0.681. The molecule has 0 aromatic carbocycles. The van der Waals surface area contributed by atoms with Crippen molar-refractivity contribution in [3.8, 4) is 0 Å². The standard InChI is InChI=1S/C11H25NS/c1-6-7-10(4)12-8-11(5)13-9(2)3/h9-12H,6-8H2,1-5H3. The smallest absolute Gasteiger partial charge is 0.0146 e. The molecule has 2 atom stereocenters. The van der Waals surface area contributed by atoms with E-state index in [9.17, 15) is 0 Å². The van der Waals surface area contributed by atoms with Gasteiger partial charge in [0.2, 0.25) is 0 Å². The maximum absolute atomic E-state index is 3.57. The first kappa shape index (κ1) is 13.3. The molecule has 0 radical (unpaired) electrons. The average Bonchev–Trinajstić information content (AvgIpc) is 2.00. The molecule has 0 spiro atoms. The fourth-order valence-corrected chi connectivity index (χ4v) is 2.54. The second-order valence-corrected chi connectivity index (χ2v) is 6.11. The van der Waals surface area contributed by atoms with Gasteiger partial charge in [-0.25, -0.2) is 0 Å². The first-order valence-electron chi connectivity index (χ1n) is 5.45. The van der Waals surface area contributed by atoms with Crippen molar-refractivity contribution in [2.45, 2.75) is 64.0 Å². The molecule has 13 heavy (non-hydrogen) atoms. The minimum Gasteiger partial charge on any atom is -0.313 e. The second-order valence-electron chi connectivity index (χ2n) is 4.09. The molecule has 0 rings (SSSR count). The van der Waals surface area contributed by atoms with Gasteiger partial charge in [-0.2, -0.15) is 11.8 Å². The van der Waals surface area contributed by atoms with E-state index < -0.39 is 0 Å². The van der Waals surface area contributed by atoms with Crippen LogP contribution in [-0.4, -0.2) is 23.1 Å². The molecule has 2 heteroatoms. The summed E-state index contributed by atoms with van der Waals surface area (Å²) in [6.45, 7) is 12.5. The normalized spacial score (nSPS) is 16.2. The first-order chi connectivity index (χ1) is 6.06. The number of rotatable bonds is 7. The van der Waals surface area contributed by atoms with Gasteiger partial charge in [0.05, 0.1) is 0 Å². The predicted molar refractivity (Wildman–Crippen MR) is 64.6 cm³/mol. The lowest BCUT2D eigenvalue weighted by atomic mass is 10.2. The van der Waals surface area contributed by atoms with Crippen molar-refractivity contribution in [2.75, 3.05) is 6.54 Å². The van der Waals surface area contributed by atoms with Gasteiger partial charge in [0.15, 0.2) is 0 Å². The molecule has 0 aliphatic rings. The van der Waals surface area contributed by atoms with E-state index in [0.717, 1.165) is 17.0 Å². The number of thioether (sulfide) groups is 1.